The highest BCUT2D eigenvalue weighted by Crippen LogP contribution is 2.06. The molecule has 0 aromatic heterocycles. The van der Waals surface area contributed by atoms with E-state index in [1.54, 1.807) is 24.3 Å². The molecule has 46 valence electrons. The second-order valence-electron chi connectivity index (χ2n) is 1.57. The summed E-state index contributed by atoms with van der Waals surface area (Å²) in [6.07, 6.45) is 0. The molecule has 0 radical (unpaired) electrons. The Morgan fingerprint density at radius 3 is 2.22 bits per heavy atom. The van der Waals surface area contributed by atoms with Gasteiger partial charge in [-0.3, -0.25) is 4.57 Å². The van der Waals surface area contributed by atoms with Gasteiger partial charge in [-0.15, -0.1) is 0 Å². The predicted octanol–water partition coefficient (Wildman–Crippen LogP) is 2.26. The minimum absolute atomic E-state index is 0.0433. The molecule has 1 aromatic carbocycles. The third-order valence-corrected chi connectivity index (χ3v) is 1.69. The van der Waals surface area contributed by atoms with Crippen molar-refractivity contribution >= 4 is 25.4 Å². The van der Waals surface area contributed by atoms with Crippen molar-refractivity contribution in [2.45, 2.75) is 0 Å². The maximum Gasteiger partial charge on any atom is 0.192 e. The normalized spacial score (nSPS) is 9.89. The Morgan fingerprint density at radius 2 is 1.78 bits per heavy atom. The first-order valence-electron chi connectivity index (χ1n) is 2.42. The van der Waals surface area contributed by atoms with Gasteiger partial charge in [-0.05, 0) is 24.3 Å². The van der Waals surface area contributed by atoms with Crippen LogP contribution in [0.1, 0.15) is 0 Å². The molecule has 0 N–H and O–H groups in total. The summed E-state index contributed by atoms with van der Waals surface area (Å²) >= 11 is 5.56. The van der Waals surface area contributed by atoms with E-state index in [4.69, 9.17) is 11.6 Å². The molecule has 0 saturated heterocycles. The molecular formula is C6H4ClOP. The average Bonchev–Trinajstić information content (AvgIpc) is 1.90. The van der Waals surface area contributed by atoms with Gasteiger partial charge in [0.1, 0.15) is 0 Å². The van der Waals surface area contributed by atoms with E-state index < -0.39 is 0 Å². The lowest BCUT2D eigenvalue weighted by molar-refractivity contribution is 0.603. The van der Waals surface area contributed by atoms with Crippen molar-refractivity contribution in [3.05, 3.63) is 29.3 Å². The number of hydrogen-bond donors (Lipinski definition) is 0. The summed E-state index contributed by atoms with van der Waals surface area (Å²) in [6.45, 7) is 0. The van der Waals surface area contributed by atoms with E-state index in [2.05, 4.69) is 0 Å². The zero-order valence-corrected chi connectivity index (χ0v) is 6.19. The molecule has 0 aliphatic rings. The quantitative estimate of drug-likeness (QED) is 0.573. The van der Waals surface area contributed by atoms with Crippen LogP contribution in [0.2, 0.25) is 5.02 Å². The first kappa shape index (κ1) is 6.73. The summed E-state index contributed by atoms with van der Waals surface area (Å²) in [5, 5.41) is 1.42. The zero-order chi connectivity index (χ0) is 6.69. The lowest BCUT2D eigenvalue weighted by Gasteiger charge is -1.86. The molecule has 1 rings (SSSR count). The molecule has 0 bridgehead atoms. The van der Waals surface area contributed by atoms with Crippen molar-refractivity contribution in [2.75, 3.05) is 0 Å². The van der Waals surface area contributed by atoms with Gasteiger partial charge >= 0.3 is 0 Å². The van der Waals surface area contributed by atoms with Gasteiger partial charge in [0.15, 0.2) is 8.46 Å². The van der Waals surface area contributed by atoms with Gasteiger partial charge in [0.25, 0.3) is 0 Å². The molecule has 1 aromatic rings. The number of benzene rings is 1. The Kier molecular flexibility index (Phi) is 2.21. The second-order valence-corrected chi connectivity index (χ2v) is 2.70. The van der Waals surface area contributed by atoms with Gasteiger partial charge in [0, 0.05) is 10.3 Å². The Balaban J connectivity index is 3.01. The molecule has 0 atom stereocenters. The first-order valence-corrected chi connectivity index (χ1v) is 3.61. The third-order valence-electron chi connectivity index (χ3n) is 0.932. The monoisotopic (exact) mass is 158 g/mol. The van der Waals surface area contributed by atoms with Crippen molar-refractivity contribution < 1.29 is 4.57 Å². The lowest BCUT2D eigenvalue weighted by atomic mass is 10.4. The van der Waals surface area contributed by atoms with E-state index >= 15 is 0 Å². The Morgan fingerprint density at radius 1 is 1.22 bits per heavy atom. The second kappa shape index (κ2) is 2.95. The van der Waals surface area contributed by atoms with E-state index in [1.165, 1.54) is 0 Å². The Bertz CT molecular complexity index is 207. The van der Waals surface area contributed by atoms with E-state index in [0.717, 1.165) is 5.30 Å². The van der Waals surface area contributed by atoms with Gasteiger partial charge in [-0.25, -0.2) is 0 Å². The van der Waals surface area contributed by atoms with Crippen molar-refractivity contribution in [2.24, 2.45) is 0 Å². The number of hydrogen-bond acceptors (Lipinski definition) is 1. The van der Waals surface area contributed by atoms with E-state index in [1.807, 2.05) is 0 Å². The van der Waals surface area contributed by atoms with E-state index in [-0.39, 0.29) is 8.46 Å². The van der Waals surface area contributed by atoms with Crippen molar-refractivity contribution in [3.8, 4) is 0 Å². The molecule has 0 aliphatic carbocycles. The van der Waals surface area contributed by atoms with Crippen LogP contribution >= 0.6 is 20.1 Å². The summed E-state index contributed by atoms with van der Waals surface area (Å²) in [4.78, 5) is 0. The Labute approximate surface area is 59.9 Å². The van der Waals surface area contributed by atoms with Crippen LogP contribution in [0.4, 0.5) is 0 Å². The topological polar surface area (TPSA) is 17.1 Å². The molecule has 0 amide bonds. The minimum Gasteiger partial charge on any atom is -0.269 e. The van der Waals surface area contributed by atoms with Gasteiger partial charge in [-0.1, -0.05) is 11.6 Å². The smallest absolute Gasteiger partial charge is 0.192 e. The molecular weight excluding hydrogens is 154 g/mol. The fourth-order valence-electron chi connectivity index (χ4n) is 0.502. The van der Waals surface area contributed by atoms with Crippen molar-refractivity contribution in [3.63, 3.8) is 0 Å². The summed E-state index contributed by atoms with van der Waals surface area (Å²) < 4.78 is 10.2. The molecule has 0 fully saturated rings. The number of rotatable bonds is 1. The lowest BCUT2D eigenvalue weighted by Crippen LogP contribution is -1.86. The largest absolute Gasteiger partial charge is 0.269 e. The van der Waals surface area contributed by atoms with Crippen LogP contribution in [0.25, 0.3) is 0 Å². The molecule has 3 heteroatoms. The molecule has 0 aliphatic heterocycles. The van der Waals surface area contributed by atoms with Crippen molar-refractivity contribution in [1.82, 2.24) is 0 Å². The van der Waals surface area contributed by atoms with Gasteiger partial charge in [-0.2, -0.15) is 0 Å². The fourth-order valence-corrected chi connectivity index (χ4v) is 0.899. The average molecular weight is 159 g/mol. The first-order chi connectivity index (χ1) is 4.33. The van der Waals surface area contributed by atoms with Crippen LogP contribution in [-0.4, -0.2) is 0 Å². The summed E-state index contributed by atoms with van der Waals surface area (Å²) in [7, 11) is 0.0433. The molecule has 0 saturated carbocycles. The molecule has 9 heavy (non-hydrogen) atoms. The van der Waals surface area contributed by atoms with E-state index in [9.17, 15) is 4.57 Å². The van der Waals surface area contributed by atoms with Crippen LogP contribution in [0, 0.1) is 0 Å². The Hall–Kier alpha value is -0.390. The highest BCUT2D eigenvalue weighted by molar-refractivity contribution is 7.34. The third kappa shape index (κ3) is 1.78. The SMILES string of the molecule is O=Pc1ccc(Cl)cc1. The standard InChI is InChI=1S/C6H4ClOP/c7-5-1-3-6(9-8)4-2-5/h1-4H. The van der Waals surface area contributed by atoms with Crippen LogP contribution in [-0.2, 0) is 4.57 Å². The summed E-state index contributed by atoms with van der Waals surface area (Å²) in [5.74, 6) is 0. The molecule has 0 unspecified atom stereocenters. The minimum atomic E-state index is 0.0433. The highest BCUT2D eigenvalue weighted by Gasteiger charge is 1.87. The van der Waals surface area contributed by atoms with Crippen LogP contribution in [0.5, 0.6) is 0 Å². The maximum absolute atomic E-state index is 10.2. The molecule has 0 spiro atoms. The van der Waals surface area contributed by atoms with Crippen LogP contribution < -0.4 is 5.30 Å². The molecule has 0 heterocycles. The van der Waals surface area contributed by atoms with Gasteiger partial charge in [0.2, 0.25) is 0 Å². The highest BCUT2D eigenvalue weighted by atomic mass is 35.5. The van der Waals surface area contributed by atoms with Gasteiger partial charge in [0.05, 0.1) is 0 Å². The van der Waals surface area contributed by atoms with Gasteiger partial charge < -0.3 is 0 Å². The van der Waals surface area contributed by atoms with Crippen LogP contribution in [0.3, 0.4) is 0 Å². The predicted molar refractivity (Wildman–Crippen MR) is 38.7 cm³/mol. The molecule has 1 nitrogen and oxygen atoms in total. The zero-order valence-electron chi connectivity index (χ0n) is 4.54. The van der Waals surface area contributed by atoms with Crippen molar-refractivity contribution in [1.29, 1.82) is 0 Å². The summed E-state index contributed by atoms with van der Waals surface area (Å²) in [5.41, 5.74) is 0. The fraction of sp³-hybridized carbons (Fsp3) is 0. The van der Waals surface area contributed by atoms with Crippen LogP contribution in [0.15, 0.2) is 24.3 Å². The number of halogens is 1. The van der Waals surface area contributed by atoms with E-state index in [0.29, 0.717) is 5.02 Å². The summed E-state index contributed by atoms with van der Waals surface area (Å²) in [6, 6.07) is 6.86. The maximum atomic E-state index is 10.2.